The van der Waals surface area contributed by atoms with Crippen molar-refractivity contribution in [3.05, 3.63) is 384 Å². The van der Waals surface area contributed by atoms with Crippen LogP contribution in [0.1, 0.15) is 127 Å². The molecule has 128 heavy (non-hydrogen) atoms. The number of hydrogen-bond acceptors (Lipinski definition) is 8. The molecule has 4 aromatic heterocycles. The molecule has 0 radical (unpaired) electrons. The Balaban J connectivity index is 0.518. The van der Waals surface area contributed by atoms with Crippen molar-refractivity contribution < 1.29 is 17.7 Å². The monoisotopic (exact) mass is 1660 g/mol. The molecule has 0 fully saturated rings. The molecular weight excluding hydrogens is 1560 g/mol. The molecule has 0 N–H and O–H groups in total. The van der Waals surface area contributed by atoms with E-state index in [1.165, 1.54) is 44.5 Å². The van der Waals surface area contributed by atoms with Gasteiger partial charge in [0.25, 0.3) is 0 Å². The molecule has 0 atom stereocenters. The molecule has 8 heteroatoms. The van der Waals surface area contributed by atoms with E-state index in [1.807, 2.05) is 0 Å². The Kier molecular flexibility index (Phi) is 18.6. The third-order valence-electron chi connectivity index (χ3n) is 26.9. The lowest BCUT2D eigenvalue weighted by atomic mass is 9.79. The maximum absolute atomic E-state index is 6.86. The van der Waals surface area contributed by atoms with E-state index in [9.17, 15) is 0 Å². The summed E-state index contributed by atoms with van der Waals surface area (Å²) >= 11 is 0. The Bertz CT molecular complexity index is 8030. The Morgan fingerprint density at radius 1 is 0.188 bits per heavy atom. The molecule has 0 saturated carbocycles. The van der Waals surface area contributed by atoms with Gasteiger partial charge in [-0.2, -0.15) is 0 Å². The molecule has 8 nitrogen and oxygen atoms in total. The van der Waals surface area contributed by atoms with E-state index in [0.717, 1.165) is 212 Å². The average Bonchev–Trinajstić information content (AvgIpc) is 1.54. The standard InChI is InChI=1S/C120H102N4O4/c1-73-15-35-89(36-16-73)121(90-37-17-74(2)18-38-90)97-43-23-77-61-101-105-69-106-102-62-78-24-44-98(58-82(78)66-110(102)126-114(106)71-113(105)125-109(101)65-81(77)57-97)122(91-39-19-75(3)20-40-91)92-41-21-76(22-42-92)55-56-120(13,14)88-33-53-96(54-34-88)124(95-51-31-87(32-52-95)119(10,11)12)100-46-26-80-64-104-108-70-107-103-63-79-25-45-99(59-83(79)67-111(103)127-115(107)72-116(108)128-112(104)68-84(80)60-100)123(93-47-27-85(28-48-93)117(4,5)6)94-49-29-86(30-50-94)118(7,8)9/h15-54,57-72H,55-56H2,1-14H3. The minimum atomic E-state index is -0.130. The predicted octanol–water partition coefficient (Wildman–Crippen LogP) is 35.5. The number of benzene rings is 18. The highest BCUT2D eigenvalue weighted by atomic mass is 16.4. The van der Waals surface area contributed by atoms with Gasteiger partial charge in [-0.25, -0.2) is 0 Å². The van der Waals surface area contributed by atoms with Crippen LogP contribution in [0.4, 0.5) is 68.2 Å². The first-order valence-corrected chi connectivity index (χ1v) is 45.0. The zero-order chi connectivity index (χ0) is 87.6. The zero-order valence-electron chi connectivity index (χ0n) is 75.2. The zero-order valence-corrected chi connectivity index (χ0v) is 75.2. The Hall–Kier alpha value is -14.6. The molecule has 18 aromatic carbocycles. The van der Waals surface area contributed by atoms with E-state index >= 15 is 0 Å². The summed E-state index contributed by atoms with van der Waals surface area (Å²) in [7, 11) is 0. The van der Waals surface area contributed by atoms with Gasteiger partial charge in [-0.3, -0.25) is 0 Å². The van der Waals surface area contributed by atoms with Crippen molar-refractivity contribution in [3.8, 4) is 0 Å². The van der Waals surface area contributed by atoms with E-state index < -0.39 is 0 Å². The number of furan rings is 4. The smallest absolute Gasteiger partial charge is 0.139 e. The maximum atomic E-state index is 6.86. The van der Waals surface area contributed by atoms with Gasteiger partial charge >= 0.3 is 0 Å². The second-order valence-corrected chi connectivity index (χ2v) is 39.5. The Labute approximate surface area is 747 Å². The molecule has 4 heterocycles. The largest absolute Gasteiger partial charge is 0.456 e. The van der Waals surface area contributed by atoms with Gasteiger partial charge in [-0.1, -0.05) is 214 Å². The number of aryl methyl sites for hydroxylation is 4. The van der Waals surface area contributed by atoms with Gasteiger partial charge in [0, 0.05) is 123 Å². The van der Waals surface area contributed by atoms with Gasteiger partial charge in [0.05, 0.1) is 0 Å². The number of nitrogens with zero attached hydrogens (tertiary/aromatic N) is 4. The fourth-order valence-electron chi connectivity index (χ4n) is 19.2. The fourth-order valence-corrected chi connectivity index (χ4v) is 19.2. The summed E-state index contributed by atoms with van der Waals surface area (Å²) in [5.41, 5.74) is 29.8. The lowest BCUT2D eigenvalue weighted by Crippen LogP contribution is -2.18. The van der Waals surface area contributed by atoms with Crippen LogP contribution >= 0.6 is 0 Å². The molecule has 0 aliphatic carbocycles. The Morgan fingerprint density at radius 2 is 0.391 bits per heavy atom. The minimum Gasteiger partial charge on any atom is -0.456 e. The highest BCUT2D eigenvalue weighted by Crippen LogP contribution is 2.49. The van der Waals surface area contributed by atoms with Crippen LogP contribution < -0.4 is 19.6 Å². The molecule has 0 unspecified atom stereocenters. The second-order valence-electron chi connectivity index (χ2n) is 39.5. The minimum absolute atomic E-state index is 0.00158. The first kappa shape index (κ1) is 79.3. The summed E-state index contributed by atoms with van der Waals surface area (Å²) in [5.74, 6) is 0. The van der Waals surface area contributed by atoms with E-state index in [-0.39, 0.29) is 21.7 Å². The Morgan fingerprint density at radius 3 is 0.633 bits per heavy atom. The summed E-state index contributed by atoms with van der Waals surface area (Å²) in [6, 6.07) is 126. The van der Waals surface area contributed by atoms with Crippen molar-refractivity contribution in [2.75, 3.05) is 19.6 Å². The topological polar surface area (TPSA) is 65.5 Å². The molecule has 0 saturated heterocycles. The van der Waals surface area contributed by atoms with Crippen LogP contribution in [0, 0.1) is 20.8 Å². The third-order valence-corrected chi connectivity index (χ3v) is 26.9. The van der Waals surface area contributed by atoms with Gasteiger partial charge < -0.3 is 37.3 Å². The van der Waals surface area contributed by atoms with Crippen LogP contribution in [0.5, 0.6) is 0 Å². The number of rotatable bonds is 16. The SMILES string of the molecule is Cc1ccc(N(c2ccc(C)cc2)c2ccc3cc4c(cc3c2)oc2cc3oc5cc6cc(N(c7ccc(C)cc7)c7ccc(CCC(C)(C)c8ccc(N(c9ccc(C(C)(C)C)cc9)c9ccc%10cc%11c(cc%10c9)oc9cc%10oc%12cc%13cc(N(c%14ccc(C(C)(C)C)cc%14)c%14ccc(C(C)(C)C)cc%14)ccc%13cc%12c%10cc9%11)cc8)cc7)ccc6cc5c3cc24)cc1. The number of hydrogen-bond donors (Lipinski definition) is 0. The summed E-state index contributed by atoms with van der Waals surface area (Å²) in [6.07, 6.45) is 1.88. The second kappa shape index (κ2) is 30.1. The first-order valence-electron chi connectivity index (χ1n) is 45.0. The molecule has 0 bridgehead atoms. The molecule has 22 aromatic rings. The van der Waals surface area contributed by atoms with Gasteiger partial charge in [-0.05, 0) is 332 Å². The van der Waals surface area contributed by atoms with Crippen molar-refractivity contribution in [2.45, 2.75) is 131 Å². The average molecular weight is 1660 g/mol. The quantitative estimate of drug-likeness (QED) is 0.0948. The normalized spacial score (nSPS) is 12.5. The number of anilines is 12. The summed E-state index contributed by atoms with van der Waals surface area (Å²) < 4.78 is 27.2. The van der Waals surface area contributed by atoms with Crippen LogP contribution in [0.3, 0.4) is 0 Å². The van der Waals surface area contributed by atoms with Crippen molar-refractivity contribution in [1.82, 2.24) is 0 Å². The van der Waals surface area contributed by atoms with Crippen LogP contribution in [0.25, 0.3) is 131 Å². The molecule has 626 valence electrons. The number of fused-ring (bicyclic) bond motifs is 16. The summed E-state index contributed by atoms with van der Waals surface area (Å²) in [4.78, 5) is 9.45. The van der Waals surface area contributed by atoms with Gasteiger partial charge in [0.15, 0.2) is 0 Å². The van der Waals surface area contributed by atoms with Crippen LogP contribution in [-0.2, 0) is 28.1 Å². The third kappa shape index (κ3) is 14.4. The van der Waals surface area contributed by atoms with Crippen LogP contribution in [0.15, 0.2) is 357 Å². The van der Waals surface area contributed by atoms with Crippen LogP contribution in [-0.4, -0.2) is 0 Å². The highest BCUT2D eigenvalue weighted by molar-refractivity contribution is 6.21. The maximum Gasteiger partial charge on any atom is 0.139 e. The van der Waals surface area contributed by atoms with E-state index in [2.05, 4.69) is 456 Å². The van der Waals surface area contributed by atoms with Crippen molar-refractivity contribution >= 4 is 199 Å². The van der Waals surface area contributed by atoms with E-state index in [0.29, 0.717) is 0 Å². The van der Waals surface area contributed by atoms with Crippen molar-refractivity contribution in [1.29, 1.82) is 0 Å². The van der Waals surface area contributed by atoms with Crippen molar-refractivity contribution in [3.63, 3.8) is 0 Å². The summed E-state index contributed by atoms with van der Waals surface area (Å²) in [6.45, 7) is 31.6. The van der Waals surface area contributed by atoms with Crippen LogP contribution in [0.2, 0.25) is 0 Å². The molecule has 0 aliphatic heterocycles. The van der Waals surface area contributed by atoms with E-state index in [1.54, 1.807) is 0 Å². The lowest BCUT2D eigenvalue weighted by Gasteiger charge is -2.29. The first-order chi connectivity index (χ1) is 61.6. The molecule has 22 rings (SSSR count). The van der Waals surface area contributed by atoms with Gasteiger partial charge in [-0.15, -0.1) is 0 Å². The van der Waals surface area contributed by atoms with Gasteiger partial charge in [0.2, 0.25) is 0 Å². The highest BCUT2D eigenvalue weighted by Gasteiger charge is 2.28. The van der Waals surface area contributed by atoms with Crippen molar-refractivity contribution in [2.24, 2.45) is 0 Å². The molecule has 0 amide bonds. The molecule has 0 spiro atoms. The molecule has 0 aliphatic rings. The van der Waals surface area contributed by atoms with Gasteiger partial charge in [0.1, 0.15) is 44.7 Å². The fraction of sp³-hybridized carbons (Fsp3) is 0.167. The summed E-state index contributed by atoms with van der Waals surface area (Å²) in [5, 5.41) is 17.6. The van der Waals surface area contributed by atoms with E-state index in [4.69, 9.17) is 17.7 Å². The lowest BCUT2D eigenvalue weighted by molar-refractivity contribution is 0.480. The predicted molar refractivity (Wildman–Crippen MR) is 542 cm³/mol. The molecular formula is C120H102N4O4.